The molecule has 0 radical (unpaired) electrons. The normalized spacial score (nSPS) is 17.6. The van der Waals surface area contributed by atoms with Gasteiger partial charge in [-0.3, -0.25) is 9.78 Å². The van der Waals surface area contributed by atoms with E-state index < -0.39 is 0 Å². The molecule has 1 aromatic heterocycles. The summed E-state index contributed by atoms with van der Waals surface area (Å²) in [7, 11) is 0. The lowest BCUT2D eigenvalue weighted by Gasteiger charge is -2.36. The maximum atomic E-state index is 13.7. The van der Waals surface area contributed by atoms with Gasteiger partial charge in [-0.2, -0.15) is 0 Å². The molecule has 2 aromatic carbocycles. The molecule has 4 rings (SSSR count). The van der Waals surface area contributed by atoms with Crippen LogP contribution in [-0.4, -0.2) is 22.3 Å². The molecule has 1 amide bonds. The van der Waals surface area contributed by atoms with Crippen LogP contribution < -0.4 is 0 Å². The standard InChI is InChI=1S/C21H19FN2O/c22-17-9-3-7-16(14-17)19-11-1-2-13-24(19)21(25)18-10-4-6-15-8-5-12-23-20(15)18/h3-10,12,14,19H,1-2,11,13H2/t19-/m0/s1. The van der Waals surface area contributed by atoms with Crippen LogP contribution in [0.4, 0.5) is 4.39 Å². The first-order valence-electron chi connectivity index (χ1n) is 8.64. The van der Waals surface area contributed by atoms with Gasteiger partial charge in [0.1, 0.15) is 5.82 Å². The summed E-state index contributed by atoms with van der Waals surface area (Å²) in [6.45, 7) is 0.684. The average Bonchev–Trinajstić information content (AvgIpc) is 2.67. The number of amides is 1. The Morgan fingerprint density at radius 1 is 1.08 bits per heavy atom. The number of carbonyl (C=O) groups excluding carboxylic acids is 1. The zero-order valence-electron chi connectivity index (χ0n) is 13.9. The monoisotopic (exact) mass is 334 g/mol. The number of piperidine rings is 1. The third kappa shape index (κ3) is 3.00. The third-order valence-corrected chi connectivity index (χ3v) is 4.86. The second-order valence-corrected chi connectivity index (χ2v) is 6.45. The molecule has 0 unspecified atom stereocenters. The van der Waals surface area contributed by atoms with Crippen molar-refractivity contribution in [2.45, 2.75) is 25.3 Å². The van der Waals surface area contributed by atoms with Gasteiger partial charge in [-0.05, 0) is 49.1 Å². The topological polar surface area (TPSA) is 33.2 Å². The van der Waals surface area contributed by atoms with Crippen molar-refractivity contribution in [3.63, 3.8) is 0 Å². The van der Waals surface area contributed by atoms with Crippen molar-refractivity contribution in [3.05, 3.63) is 77.7 Å². The highest BCUT2D eigenvalue weighted by atomic mass is 19.1. The van der Waals surface area contributed by atoms with Gasteiger partial charge in [0.25, 0.3) is 5.91 Å². The first kappa shape index (κ1) is 15.8. The zero-order valence-corrected chi connectivity index (χ0v) is 13.9. The Bertz CT molecular complexity index is 919. The van der Waals surface area contributed by atoms with E-state index >= 15 is 0 Å². The second kappa shape index (κ2) is 6.63. The first-order valence-corrected chi connectivity index (χ1v) is 8.64. The fourth-order valence-electron chi connectivity index (χ4n) is 3.67. The molecule has 0 spiro atoms. The third-order valence-electron chi connectivity index (χ3n) is 4.86. The molecule has 1 fully saturated rings. The Morgan fingerprint density at radius 2 is 1.92 bits per heavy atom. The minimum Gasteiger partial charge on any atom is -0.332 e. The van der Waals surface area contributed by atoms with Crippen molar-refractivity contribution < 1.29 is 9.18 Å². The summed E-state index contributed by atoms with van der Waals surface area (Å²) in [5, 5.41) is 0.952. The molecule has 3 aromatic rings. The van der Waals surface area contributed by atoms with Gasteiger partial charge in [0.2, 0.25) is 0 Å². The van der Waals surface area contributed by atoms with Crippen molar-refractivity contribution in [3.8, 4) is 0 Å². The van der Waals surface area contributed by atoms with Gasteiger partial charge in [-0.25, -0.2) is 4.39 Å². The Balaban J connectivity index is 1.74. The fourth-order valence-corrected chi connectivity index (χ4v) is 3.67. The van der Waals surface area contributed by atoms with Gasteiger partial charge in [-0.15, -0.1) is 0 Å². The van der Waals surface area contributed by atoms with Crippen LogP contribution in [-0.2, 0) is 0 Å². The van der Waals surface area contributed by atoms with Crippen molar-refractivity contribution in [2.75, 3.05) is 6.54 Å². The van der Waals surface area contributed by atoms with Gasteiger partial charge in [0, 0.05) is 18.1 Å². The molecule has 4 heteroatoms. The van der Waals surface area contributed by atoms with E-state index in [2.05, 4.69) is 4.98 Å². The number of pyridine rings is 1. The molecule has 0 bridgehead atoms. The summed E-state index contributed by atoms with van der Waals surface area (Å²) < 4.78 is 13.7. The molecule has 1 aliphatic heterocycles. The van der Waals surface area contributed by atoms with Crippen LogP contribution in [0.2, 0.25) is 0 Å². The molecular formula is C21H19FN2O. The van der Waals surface area contributed by atoms with Crippen molar-refractivity contribution in [1.82, 2.24) is 9.88 Å². The molecule has 0 N–H and O–H groups in total. The number of carbonyl (C=O) groups is 1. The molecule has 0 aliphatic carbocycles. The van der Waals surface area contributed by atoms with Gasteiger partial charge in [-0.1, -0.05) is 30.3 Å². The van der Waals surface area contributed by atoms with E-state index in [-0.39, 0.29) is 17.8 Å². The molecule has 0 saturated carbocycles. The molecule has 126 valence electrons. The highest BCUT2D eigenvalue weighted by Crippen LogP contribution is 2.33. The summed E-state index contributed by atoms with van der Waals surface area (Å²) in [4.78, 5) is 19.6. The Hall–Kier alpha value is -2.75. The summed E-state index contributed by atoms with van der Waals surface area (Å²) in [6.07, 6.45) is 4.57. The lowest BCUT2D eigenvalue weighted by atomic mass is 9.94. The SMILES string of the molecule is O=C(c1cccc2cccnc12)N1CCCC[C@H]1c1cccc(F)c1. The number of para-hydroxylation sites is 1. The maximum Gasteiger partial charge on any atom is 0.256 e. The lowest BCUT2D eigenvalue weighted by Crippen LogP contribution is -2.38. The molecule has 3 nitrogen and oxygen atoms in total. The molecule has 1 aliphatic rings. The van der Waals surface area contributed by atoms with E-state index in [0.717, 1.165) is 35.7 Å². The van der Waals surface area contributed by atoms with Gasteiger partial charge in [0.15, 0.2) is 0 Å². The van der Waals surface area contributed by atoms with E-state index in [9.17, 15) is 9.18 Å². The van der Waals surface area contributed by atoms with E-state index in [1.54, 1.807) is 12.3 Å². The predicted molar refractivity (Wildman–Crippen MR) is 95.8 cm³/mol. The number of nitrogens with zero attached hydrogens (tertiary/aromatic N) is 2. The quantitative estimate of drug-likeness (QED) is 0.678. The number of halogens is 1. The minimum atomic E-state index is -0.262. The molecule has 1 saturated heterocycles. The largest absolute Gasteiger partial charge is 0.332 e. The van der Waals surface area contributed by atoms with Crippen LogP contribution in [0.25, 0.3) is 10.9 Å². The first-order chi connectivity index (χ1) is 12.2. The molecule has 1 atom stereocenters. The Kier molecular flexibility index (Phi) is 4.18. The molecular weight excluding hydrogens is 315 g/mol. The highest BCUT2D eigenvalue weighted by Gasteiger charge is 2.29. The summed E-state index contributed by atoms with van der Waals surface area (Å²) in [6, 6.07) is 16.0. The average molecular weight is 334 g/mol. The Morgan fingerprint density at radius 3 is 2.80 bits per heavy atom. The number of aromatic nitrogens is 1. The number of rotatable bonds is 2. The molecule has 2 heterocycles. The van der Waals surface area contributed by atoms with E-state index in [0.29, 0.717) is 12.1 Å². The van der Waals surface area contributed by atoms with E-state index in [1.165, 1.54) is 12.1 Å². The van der Waals surface area contributed by atoms with Crippen LogP contribution in [0.3, 0.4) is 0 Å². The molecule has 25 heavy (non-hydrogen) atoms. The number of fused-ring (bicyclic) bond motifs is 1. The van der Waals surface area contributed by atoms with E-state index in [4.69, 9.17) is 0 Å². The second-order valence-electron chi connectivity index (χ2n) is 6.45. The summed E-state index contributed by atoms with van der Waals surface area (Å²) in [5.41, 5.74) is 2.20. The van der Waals surface area contributed by atoms with Crippen molar-refractivity contribution >= 4 is 16.8 Å². The van der Waals surface area contributed by atoms with Gasteiger partial charge < -0.3 is 4.90 Å². The zero-order chi connectivity index (χ0) is 17.2. The van der Waals surface area contributed by atoms with Crippen molar-refractivity contribution in [1.29, 1.82) is 0 Å². The smallest absolute Gasteiger partial charge is 0.256 e. The van der Waals surface area contributed by atoms with Crippen molar-refractivity contribution in [2.24, 2.45) is 0 Å². The summed E-state index contributed by atoms with van der Waals surface area (Å²) in [5.74, 6) is -0.291. The minimum absolute atomic E-state index is 0.0294. The van der Waals surface area contributed by atoms with Gasteiger partial charge >= 0.3 is 0 Å². The summed E-state index contributed by atoms with van der Waals surface area (Å²) >= 11 is 0. The fraction of sp³-hybridized carbons (Fsp3) is 0.238. The van der Waals surface area contributed by atoms with Crippen LogP contribution in [0.15, 0.2) is 60.8 Å². The number of likely N-dealkylation sites (tertiary alicyclic amines) is 1. The number of benzene rings is 2. The van der Waals surface area contributed by atoms with Crippen LogP contribution in [0.5, 0.6) is 0 Å². The number of hydrogen-bond donors (Lipinski definition) is 0. The van der Waals surface area contributed by atoms with Gasteiger partial charge in [0.05, 0.1) is 17.1 Å². The lowest BCUT2D eigenvalue weighted by molar-refractivity contribution is 0.0613. The van der Waals surface area contributed by atoms with Crippen LogP contribution in [0.1, 0.15) is 41.2 Å². The maximum absolute atomic E-state index is 13.7. The Labute approximate surface area is 146 Å². The highest BCUT2D eigenvalue weighted by molar-refractivity contribution is 6.05. The predicted octanol–water partition coefficient (Wildman–Crippen LogP) is 4.74. The van der Waals surface area contributed by atoms with Crippen LogP contribution >= 0.6 is 0 Å². The number of hydrogen-bond acceptors (Lipinski definition) is 2. The van der Waals surface area contributed by atoms with Crippen LogP contribution in [0, 0.1) is 5.82 Å². The van der Waals surface area contributed by atoms with E-state index in [1.807, 2.05) is 41.3 Å².